The summed E-state index contributed by atoms with van der Waals surface area (Å²) in [6.07, 6.45) is 2.02. The summed E-state index contributed by atoms with van der Waals surface area (Å²) in [7, 11) is 0. The smallest absolute Gasteiger partial charge is 0.0712 e. The molecule has 1 heteroatoms. The molecule has 0 aliphatic rings. The van der Waals surface area contributed by atoms with Crippen molar-refractivity contribution in [2.75, 3.05) is 0 Å². The van der Waals surface area contributed by atoms with Gasteiger partial charge in [0.1, 0.15) is 0 Å². The topological polar surface area (TPSA) is 23.8 Å². The molecule has 1 nitrogen and oxygen atoms in total. The maximum absolute atomic E-state index is 9.02. The monoisotopic (exact) mass is 187 g/mol. The minimum atomic E-state index is 0.0688. The molecule has 1 aromatic carbocycles. The van der Waals surface area contributed by atoms with Gasteiger partial charge in [0.25, 0.3) is 0 Å². The summed E-state index contributed by atoms with van der Waals surface area (Å²) < 4.78 is 0. The van der Waals surface area contributed by atoms with Crippen LogP contribution in [-0.4, -0.2) is 0 Å². The summed E-state index contributed by atoms with van der Waals surface area (Å²) in [6, 6.07) is 8.68. The molecule has 74 valence electrons. The van der Waals surface area contributed by atoms with Crippen molar-refractivity contribution in [1.29, 1.82) is 5.26 Å². The molecular weight excluding hydrogens is 170 g/mol. The van der Waals surface area contributed by atoms with Gasteiger partial charge in [-0.25, -0.2) is 0 Å². The van der Waals surface area contributed by atoms with Gasteiger partial charge in [-0.3, -0.25) is 0 Å². The van der Waals surface area contributed by atoms with E-state index in [0.29, 0.717) is 0 Å². The molecule has 0 N–H and O–H groups in total. The van der Waals surface area contributed by atoms with Crippen molar-refractivity contribution < 1.29 is 0 Å². The van der Waals surface area contributed by atoms with Crippen molar-refractivity contribution in [2.45, 2.75) is 39.5 Å². The van der Waals surface area contributed by atoms with Crippen molar-refractivity contribution in [3.8, 4) is 6.07 Å². The van der Waals surface area contributed by atoms with Crippen LogP contribution in [0.5, 0.6) is 0 Å². The Labute approximate surface area is 86.4 Å². The van der Waals surface area contributed by atoms with Crippen LogP contribution in [0.4, 0.5) is 0 Å². The van der Waals surface area contributed by atoms with Crippen LogP contribution < -0.4 is 0 Å². The molecule has 0 aliphatic carbocycles. The van der Waals surface area contributed by atoms with Crippen molar-refractivity contribution in [1.82, 2.24) is 0 Å². The summed E-state index contributed by atoms with van der Waals surface area (Å²) in [4.78, 5) is 0. The Balaban J connectivity index is 2.95. The molecule has 0 aliphatic heterocycles. The summed E-state index contributed by atoms with van der Waals surface area (Å²) in [5, 5.41) is 9.02. The molecule has 0 aromatic heterocycles. The van der Waals surface area contributed by atoms with E-state index in [2.05, 4.69) is 45.0 Å². The molecule has 0 fully saturated rings. The lowest BCUT2D eigenvalue weighted by atomic mass is 9.93. The zero-order chi connectivity index (χ0) is 10.6. The molecule has 0 amide bonds. The van der Waals surface area contributed by atoms with Crippen LogP contribution in [0.25, 0.3) is 0 Å². The third-order valence-electron chi connectivity index (χ3n) is 2.67. The molecule has 1 atom stereocenters. The van der Waals surface area contributed by atoms with Gasteiger partial charge in [0.05, 0.1) is 12.0 Å². The van der Waals surface area contributed by atoms with Crippen molar-refractivity contribution in [3.05, 3.63) is 34.9 Å². The number of nitrogens with zero attached hydrogens (tertiary/aromatic N) is 1. The van der Waals surface area contributed by atoms with Gasteiger partial charge in [0.2, 0.25) is 0 Å². The first-order valence-corrected chi connectivity index (χ1v) is 5.15. The lowest BCUT2D eigenvalue weighted by Gasteiger charge is -2.09. The molecule has 0 radical (unpaired) electrons. The minimum Gasteiger partial charge on any atom is -0.198 e. The zero-order valence-corrected chi connectivity index (χ0v) is 9.17. The molecule has 0 heterocycles. The SMILES string of the molecule is CCCC(C#N)c1ccc(C)c(C)c1. The molecular formula is C13H17N. The number of rotatable bonds is 3. The van der Waals surface area contributed by atoms with Gasteiger partial charge in [-0.15, -0.1) is 0 Å². The predicted octanol–water partition coefficient (Wildman–Crippen LogP) is 3.71. The molecule has 1 unspecified atom stereocenters. The van der Waals surface area contributed by atoms with Crippen LogP contribution in [0.2, 0.25) is 0 Å². The van der Waals surface area contributed by atoms with Gasteiger partial charge in [-0.2, -0.15) is 5.26 Å². The number of nitriles is 1. The second kappa shape index (κ2) is 4.81. The van der Waals surface area contributed by atoms with Gasteiger partial charge in [0.15, 0.2) is 0 Å². The van der Waals surface area contributed by atoms with Crippen LogP contribution in [0, 0.1) is 25.2 Å². The van der Waals surface area contributed by atoms with E-state index in [1.54, 1.807) is 0 Å². The van der Waals surface area contributed by atoms with Crippen LogP contribution in [-0.2, 0) is 0 Å². The Kier molecular flexibility index (Phi) is 3.71. The summed E-state index contributed by atoms with van der Waals surface area (Å²) in [5.74, 6) is 0.0688. The highest BCUT2D eigenvalue weighted by atomic mass is 14.3. The standard InChI is InChI=1S/C13H17N/c1-4-5-13(9-14)12-7-6-10(2)11(3)8-12/h6-8,13H,4-5H2,1-3H3. The number of hydrogen-bond donors (Lipinski definition) is 0. The van der Waals surface area contributed by atoms with E-state index in [0.717, 1.165) is 18.4 Å². The van der Waals surface area contributed by atoms with E-state index >= 15 is 0 Å². The molecule has 0 saturated heterocycles. The van der Waals surface area contributed by atoms with Gasteiger partial charge < -0.3 is 0 Å². The number of hydrogen-bond acceptors (Lipinski definition) is 1. The highest BCUT2D eigenvalue weighted by molar-refractivity contribution is 5.34. The molecule has 0 bridgehead atoms. The maximum atomic E-state index is 9.02. The van der Waals surface area contributed by atoms with Crippen LogP contribution >= 0.6 is 0 Å². The van der Waals surface area contributed by atoms with E-state index in [1.165, 1.54) is 11.1 Å². The quantitative estimate of drug-likeness (QED) is 0.707. The molecule has 0 spiro atoms. The van der Waals surface area contributed by atoms with Crippen molar-refractivity contribution in [2.24, 2.45) is 0 Å². The van der Waals surface area contributed by atoms with Crippen molar-refractivity contribution in [3.63, 3.8) is 0 Å². The molecule has 14 heavy (non-hydrogen) atoms. The fourth-order valence-corrected chi connectivity index (χ4v) is 1.58. The van der Waals surface area contributed by atoms with E-state index in [4.69, 9.17) is 5.26 Å². The highest BCUT2D eigenvalue weighted by Gasteiger charge is 2.09. The average molecular weight is 187 g/mol. The van der Waals surface area contributed by atoms with Crippen molar-refractivity contribution >= 4 is 0 Å². The first-order valence-electron chi connectivity index (χ1n) is 5.15. The number of aryl methyl sites for hydroxylation is 2. The van der Waals surface area contributed by atoms with Crippen LogP contribution in [0.3, 0.4) is 0 Å². The van der Waals surface area contributed by atoms with E-state index in [9.17, 15) is 0 Å². The van der Waals surface area contributed by atoms with E-state index in [-0.39, 0.29) is 5.92 Å². The fourth-order valence-electron chi connectivity index (χ4n) is 1.58. The number of benzene rings is 1. The Bertz CT molecular complexity index is 347. The van der Waals surface area contributed by atoms with Gasteiger partial charge >= 0.3 is 0 Å². The lowest BCUT2D eigenvalue weighted by Crippen LogP contribution is -1.96. The Morgan fingerprint density at radius 1 is 1.29 bits per heavy atom. The van der Waals surface area contributed by atoms with E-state index in [1.807, 2.05) is 0 Å². The van der Waals surface area contributed by atoms with E-state index < -0.39 is 0 Å². The fraction of sp³-hybridized carbons (Fsp3) is 0.462. The third-order valence-corrected chi connectivity index (χ3v) is 2.67. The van der Waals surface area contributed by atoms with Gasteiger partial charge in [-0.05, 0) is 37.0 Å². The third kappa shape index (κ3) is 2.35. The highest BCUT2D eigenvalue weighted by Crippen LogP contribution is 2.22. The summed E-state index contributed by atoms with van der Waals surface area (Å²) in [6.45, 7) is 6.31. The average Bonchev–Trinajstić information content (AvgIpc) is 2.19. The first-order chi connectivity index (χ1) is 6.69. The molecule has 1 rings (SSSR count). The minimum absolute atomic E-state index is 0.0688. The summed E-state index contributed by atoms with van der Waals surface area (Å²) >= 11 is 0. The second-order valence-corrected chi connectivity index (χ2v) is 3.81. The summed E-state index contributed by atoms with van der Waals surface area (Å²) in [5.41, 5.74) is 3.73. The van der Waals surface area contributed by atoms with Crippen LogP contribution in [0.1, 0.15) is 42.4 Å². The van der Waals surface area contributed by atoms with Crippen LogP contribution in [0.15, 0.2) is 18.2 Å². The predicted molar refractivity (Wildman–Crippen MR) is 59.2 cm³/mol. The zero-order valence-electron chi connectivity index (χ0n) is 9.17. The Morgan fingerprint density at radius 3 is 2.50 bits per heavy atom. The first kappa shape index (κ1) is 10.8. The molecule has 1 aromatic rings. The Hall–Kier alpha value is -1.29. The normalized spacial score (nSPS) is 12.1. The van der Waals surface area contributed by atoms with Gasteiger partial charge in [0, 0.05) is 0 Å². The molecule has 0 saturated carbocycles. The Morgan fingerprint density at radius 2 is 2.00 bits per heavy atom. The maximum Gasteiger partial charge on any atom is 0.0712 e. The lowest BCUT2D eigenvalue weighted by molar-refractivity contribution is 0.726. The second-order valence-electron chi connectivity index (χ2n) is 3.81. The van der Waals surface area contributed by atoms with Gasteiger partial charge in [-0.1, -0.05) is 31.5 Å². The largest absolute Gasteiger partial charge is 0.198 e.